The van der Waals surface area contributed by atoms with Crippen LogP contribution in [0.15, 0.2) is 46.4 Å². The molecule has 0 bridgehead atoms. The number of rotatable bonds is 4. The van der Waals surface area contributed by atoms with Crippen molar-refractivity contribution in [1.29, 1.82) is 5.26 Å². The van der Waals surface area contributed by atoms with E-state index in [1.807, 2.05) is 20.2 Å². The third-order valence-corrected chi connectivity index (χ3v) is 3.16. The Balaban J connectivity index is 2.20. The molecule has 1 N–H and O–H groups in total. The minimum Gasteiger partial charge on any atom is -0.441 e. The molecule has 1 aromatic heterocycles. The number of nitrogens with one attached hydrogen (secondary N) is 1. The van der Waals surface area contributed by atoms with E-state index >= 15 is 0 Å². The van der Waals surface area contributed by atoms with Crippen LogP contribution in [0.3, 0.4) is 0 Å². The Kier molecular flexibility index (Phi) is 4.87. The molecule has 2 rings (SSSR count). The molecule has 1 heterocycles. The number of amides is 1. The van der Waals surface area contributed by atoms with E-state index in [-0.39, 0.29) is 5.57 Å². The van der Waals surface area contributed by atoms with Crippen molar-refractivity contribution in [1.82, 2.24) is 0 Å². The molecule has 5 nitrogen and oxygen atoms in total. The average molecular weight is 316 g/mol. The summed E-state index contributed by atoms with van der Waals surface area (Å²) in [6.07, 6.45) is 1.39. The predicted molar refractivity (Wildman–Crippen MR) is 86.7 cm³/mol. The number of nitrogens with zero attached hydrogens (tertiary/aromatic N) is 2. The van der Waals surface area contributed by atoms with Crippen LogP contribution >= 0.6 is 11.6 Å². The van der Waals surface area contributed by atoms with Crippen LogP contribution in [-0.4, -0.2) is 20.0 Å². The van der Waals surface area contributed by atoms with Crippen LogP contribution in [0.25, 0.3) is 6.08 Å². The van der Waals surface area contributed by atoms with Gasteiger partial charge >= 0.3 is 0 Å². The number of halogens is 1. The van der Waals surface area contributed by atoms with Gasteiger partial charge in [0, 0.05) is 26.2 Å². The largest absolute Gasteiger partial charge is 0.441 e. The molecular formula is C16H14ClN3O2. The van der Waals surface area contributed by atoms with E-state index in [0.717, 1.165) is 0 Å². The lowest BCUT2D eigenvalue weighted by molar-refractivity contribution is -0.112. The molecule has 0 fully saturated rings. The number of anilines is 2. The SMILES string of the molecule is CN(C)c1ccc(/C=C(\C#N)C(=O)Nc2ccccc2Cl)o1. The predicted octanol–water partition coefficient (Wildman–Crippen LogP) is 3.54. The Morgan fingerprint density at radius 3 is 2.64 bits per heavy atom. The summed E-state index contributed by atoms with van der Waals surface area (Å²) in [5.74, 6) is 0.517. The second-order valence-electron chi connectivity index (χ2n) is 4.67. The highest BCUT2D eigenvalue weighted by molar-refractivity contribution is 6.34. The lowest BCUT2D eigenvalue weighted by Crippen LogP contribution is -2.13. The zero-order valence-electron chi connectivity index (χ0n) is 12.1. The highest BCUT2D eigenvalue weighted by atomic mass is 35.5. The Labute approximate surface area is 133 Å². The van der Waals surface area contributed by atoms with E-state index < -0.39 is 5.91 Å². The summed E-state index contributed by atoms with van der Waals surface area (Å²) in [7, 11) is 3.67. The monoisotopic (exact) mass is 315 g/mol. The zero-order valence-corrected chi connectivity index (χ0v) is 12.9. The van der Waals surface area contributed by atoms with Crippen molar-refractivity contribution in [3.05, 3.63) is 52.8 Å². The molecule has 0 spiro atoms. The molecule has 22 heavy (non-hydrogen) atoms. The van der Waals surface area contributed by atoms with Gasteiger partial charge in [-0.1, -0.05) is 23.7 Å². The van der Waals surface area contributed by atoms with E-state index in [2.05, 4.69) is 5.32 Å². The zero-order chi connectivity index (χ0) is 16.1. The quantitative estimate of drug-likeness (QED) is 0.692. The van der Waals surface area contributed by atoms with Crippen molar-refractivity contribution in [2.45, 2.75) is 0 Å². The lowest BCUT2D eigenvalue weighted by atomic mass is 10.2. The first-order chi connectivity index (χ1) is 10.5. The Morgan fingerprint density at radius 1 is 1.32 bits per heavy atom. The summed E-state index contributed by atoms with van der Waals surface area (Å²) < 4.78 is 5.49. The van der Waals surface area contributed by atoms with Gasteiger partial charge in [-0.3, -0.25) is 4.79 Å². The normalized spacial score (nSPS) is 10.9. The van der Waals surface area contributed by atoms with E-state index in [1.165, 1.54) is 6.08 Å². The van der Waals surface area contributed by atoms with Gasteiger partial charge in [0.05, 0.1) is 10.7 Å². The van der Waals surface area contributed by atoms with Crippen molar-refractivity contribution >= 4 is 35.2 Å². The van der Waals surface area contributed by atoms with E-state index in [9.17, 15) is 4.79 Å². The smallest absolute Gasteiger partial charge is 0.266 e. The summed E-state index contributed by atoms with van der Waals surface area (Å²) in [5, 5.41) is 12.2. The van der Waals surface area contributed by atoms with Crippen LogP contribution in [-0.2, 0) is 4.79 Å². The van der Waals surface area contributed by atoms with Crippen LogP contribution in [0, 0.1) is 11.3 Å². The minimum atomic E-state index is -0.543. The average Bonchev–Trinajstić information content (AvgIpc) is 2.96. The molecule has 1 aromatic carbocycles. The molecule has 0 saturated carbocycles. The molecule has 0 unspecified atom stereocenters. The van der Waals surface area contributed by atoms with Crippen LogP contribution in [0.1, 0.15) is 5.76 Å². The maximum Gasteiger partial charge on any atom is 0.266 e. The number of hydrogen-bond donors (Lipinski definition) is 1. The molecule has 0 aliphatic carbocycles. The highest BCUT2D eigenvalue weighted by Crippen LogP contribution is 2.22. The molecule has 0 aliphatic rings. The second-order valence-corrected chi connectivity index (χ2v) is 5.08. The van der Waals surface area contributed by atoms with Gasteiger partial charge in [0.2, 0.25) is 0 Å². The molecule has 1 amide bonds. The summed E-state index contributed by atoms with van der Waals surface area (Å²) in [6, 6.07) is 12.1. The summed E-state index contributed by atoms with van der Waals surface area (Å²) in [4.78, 5) is 13.9. The highest BCUT2D eigenvalue weighted by Gasteiger charge is 2.12. The van der Waals surface area contributed by atoms with Gasteiger partial charge in [0.25, 0.3) is 5.91 Å². The van der Waals surface area contributed by atoms with E-state index in [1.54, 1.807) is 41.3 Å². The molecule has 2 aromatic rings. The van der Waals surface area contributed by atoms with Crippen molar-refractivity contribution in [3.63, 3.8) is 0 Å². The number of carbonyl (C=O) groups is 1. The Hall–Kier alpha value is -2.71. The van der Waals surface area contributed by atoms with Crippen LogP contribution in [0.2, 0.25) is 5.02 Å². The molecule has 6 heteroatoms. The summed E-state index contributed by atoms with van der Waals surface area (Å²) in [5.41, 5.74) is 0.378. The van der Waals surface area contributed by atoms with Crippen LogP contribution < -0.4 is 10.2 Å². The standard InChI is InChI=1S/C16H14ClN3O2/c1-20(2)15-8-7-12(22-15)9-11(10-18)16(21)19-14-6-4-3-5-13(14)17/h3-9H,1-2H3,(H,19,21)/b11-9+. The first-order valence-electron chi connectivity index (χ1n) is 6.46. The summed E-state index contributed by atoms with van der Waals surface area (Å²) >= 11 is 5.97. The molecule has 0 aliphatic heterocycles. The molecule has 112 valence electrons. The second kappa shape index (κ2) is 6.83. The minimum absolute atomic E-state index is 0.0698. The molecule has 0 saturated heterocycles. The van der Waals surface area contributed by atoms with Crippen molar-refractivity contribution in [3.8, 4) is 6.07 Å². The first kappa shape index (κ1) is 15.7. The third kappa shape index (κ3) is 3.68. The van der Waals surface area contributed by atoms with Crippen LogP contribution in [0.5, 0.6) is 0 Å². The van der Waals surface area contributed by atoms with Crippen molar-refractivity contribution in [2.75, 3.05) is 24.3 Å². The van der Waals surface area contributed by atoms with E-state index in [4.69, 9.17) is 21.3 Å². The number of carbonyl (C=O) groups excluding carboxylic acids is 1. The molecule has 0 radical (unpaired) electrons. The van der Waals surface area contributed by atoms with Crippen molar-refractivity contribution < 1.29 is 9.21 Å². The maximum atomic E-state index is 12.1. The maximum absolute atomic E-state index is 12.1. The Bertz CT molecular complexity index is 757. The first-order valence-corrected chi connectivity index (χ1v) is 6.84. The van der Waals surface area contributed by atoms with Gasteiger partial charge < -0.3 is 14.6 Å². The fourth-order valence-corrected chi connectivity index (χ4v) is 1.89. The van der Waals surface area contributed by atoms with Crippen LogP contribution in [0.4, 0.5) is 11.6 Å². The number of para-hydroxylation sites is 1. The van der Waals surface area contributed by atoms with Gasteiger partial charge in [-0.2, -0.15) is 5.26 Å². The molecule has 0 atom stereocenters. The number of furan rings is 1. The number of hydrogen-bond acceptors (Lipinski definition) is 4. The van der Waals surface area contributed by atoms with Crippen molar-refractivity contribution in [2.24, 2.45) is 0 Å². The Morgan fingerprint density at radius 2 is 2.05 bits per heavy atom. The number of benzene rings is 1. The third-order valence-electron chi connectivity index (χ3n) is 2.83. The van der Waals surface area contributed by atoms with E-state index in [0.29, 0.717) is 22.4 Å². The fraction of sp³-hybridized carbons (Fsp3) is 0.125. The number of nitriles is 1. The van der Waals surface area contributed by atoms with Gasteiger partial charge in [0.15, 0.2) is 5.88 Å². The van der Waals surface area contributed by atoms with Gasteiger partial charge in [-0.25, -0.2) is 0 Å². The lowest BCUT2D eigenvalue weighted by Gasteiger charge is -2.06. The summed E-state index contributed by atoms with van der Waals surface area (Å²) in [6.45, 7) is 0. The van der Waals surface area contributed by atoms with Gasteiger partial charge in [0.1, 0.15) is 17.4 Å². The fourth-order valence-electron chi connectivity index (χ4n) is 1.70. The van der Waals surface area contributed by atoms with Gasteiger partial charge in [-0.05, 0) is 18.2 Å². The topological polar surface area (TPSA) is 69.3 Å². The molecular weight excluding hydrogens is 302 g/mol. The van der Waals surface area contributed by atoms with Gasteiger partial charge in [-0.15, -0.1) is 0 Å².